The van der Waals surface area contributed by atoms with Gasteiger partial charge in [-0.25, -0.2) is 0 Å². The van der Waals surface area contributed by atoms with Crippen molar-refractivity contribution in [2.75, 3.05) is 26.7 Å². The fraction of sp³-hybridized carbons (Fsp3) is 0.579. The number of carbonyl (C=O) groups excluding carboxylic acids is 3. The van der Waals surface area contributed by atoms with Gasteiger partial charge in [0.2, 0.25) is 11.8 Å². The minimum atomic E-state index is -0.894. The van der Waals surface area contributed by atoms with Crippen LogP contribution in [0.4, 0.5) is 0 Å². The standard InChI is InChI=1S/C19H26N2O5S/c1-12-9-15(13(2)27-12)16(22)6-7-17(23)20(3)11-18(24)21-8-4-5-14(10-21)19(25)26/h9,14H,4-8,10-11H2,1-3H3,(H,25,26). The van der Waals surface area contributed by atoms with Crippen molar-refractivity contribution in [3.8, 4) is 0 Å². The van der Waals surface area contributed by atoms with Gasteiger partial charge < -0.3 is 14.9 Å². The Morgan fingerprint density at radius 1 is 1.26 bits per heavy atom. The van der Waals surface area contributed by atoms with E-state index in [1.54, 1.807) is 11.3 Å². The second-order valence-electron chi connectivity index (χ2n) is 7.02. The number of likely N-dealkylation sites (N-methyl/N-ethyl adjacent to an activating group) is 1. The zero-order chi connectivity index (χ0) is 20.1. The van der Waals surface area contributed by atoms with Crippen molar-refractivity contribution >= 4 is 34.9 Å². The maximum Gasteiger partial charge on any atom is 0.308 e. The van der Waals surface area contributed by atoms with Crippen LogP contribution < -0.4 is 0 Å². The molecule has 1 atom stereocenters. The van der Waals surface area contributed by atoms with E-state index in [1.807, 2.05) is 19.9 Å². The van der Waals surface area contributed by atoms with Crippen LogP contribution in [0.5, 0.6) is 0 Å². The minimum absolute atomic E-state index is 0.0503. The molecule has 0 saturated carbocycles. The molecule has 2 rings (SSSR count). The van der Waals surface area contributed by atoms with Crippen molar-refractivity contribution < 1.29 is 24.3 Å². The molecule has 27 heavy (non-hydrogen) atoms. The highest BCUT2D eigenvalue weighted by Crippen LogP contribution is 2.22. The molecule has 2 amide bonds. The van der Waals surface area contributed by atoms with Crippen LogP contribution in [-0.2, 0) is 14.4 Å². The first-order valence-corrected chi connectivity index (χ1v) is 9.85. The lowest BCUT2D eigenvalue weighted by Crippen LogP contribution is -2.46. The number of thiophene rings is 1. The van der Waals surface area contributed by atoms with Gasteiger partial charge in [0.05, 0.1) is 12.5 Å². The summed E-state index contributed by atoms with van der Waals surface area (Å²) in [6.07, 6.45) is 1.37. The van der Waals surface area contributed by atoms with Crippen molar-refractivity contribution in [3.63, 3.8) is 0 Å². The van der Waals surface area contributed by atoms with Crippen LogP contribution in [0, 0.1) is 19.8 Å². The summed E-state index contributed by atoms with van der Waals surface area (Å²) < 4.78 is 0. The van der Waals surface area contributed by atoms with Gasteiger partial charge in [-0.1, -0.05) is 0 Å². The van der Waals surface area contributed by atoms with Gasteiger partial charge in [-0.05, 0) is 32.8 Å². The van der Waals surface area contributed by atoms with Gasteiger partial charge >= 0.3 is 5.97 Å². The molecule has 0 aliphatic carbocycles. The Labute approximate surface area is 163 Å². The molecule has 1 aromatic heterocycles. The summed E-state index contributed by atoms with van der Waals surface area (Å²) in [6.45, 7) is 4.43. The lowest BCUT2D eigenvalue weighted by Gasteiger charge is -2.32. The maximum atomic E-state index is 12.4. The van der Waals surface area contributed by atoms with Crippen molar-refractivity contribution in [2.24, 2.45) is 5.92 Å². The molecule has 0 aromatic carbocycles. The van der Waals surface area contributed by atoms with E-state index in [9.17, 15) is 19.2 Å². The maximum absolute atomic E-state index is 12.4. The van der Waals surface area contributed by atoms with Gasteiger partial charge in [-0.15, -0.1) is 11.3 Å². The van der Waals surface area contributed by atoms with Crippen LogP contribution in [0.2, 0.25) is 0 Å². The van der Waals surface area contributed by atoms with E-state index in [2.05, 4.69) is 0 Å². The van der Waals surface area contributed by atoms with E-state index in [-0.39, 0.29) is 43.5 Å². The fourth-order valence-electron chi connectivity index (χ4n) is 3.25. The highest BCUT2D eigenvalue weighted by molar-refractivity contribution is 7.12. The number of aliphatic carboxylic acids is 1. The molecule has 1 saturated heterocycles. The smallest absolute Gasteiger partial charge is 0.308 e. The molecule has 0 radical (unpaired) electrons. The van der Waals surface area contributed by atoms with Crippen molar-refractivity contribution in [2.45, 2.75) is 39.5 Å². The molecule has 0 spiro atoms. The quantitative estimate of drug-likeness (QED) is 0.715. The van der Waals surface area contributed by atoms with Crippen LogP contribution in [-0.4, -0.2) is 65.2 Å². The Hall–Kier alpha value is -2.22. The topological polar surface area (TPSA) is 95.0 Å². The average Bonchev–Trinajstić information content (AvgIpc) is 2.97. The summed E-state index contributed by atoms with van der Waals surface area (Å²) in [5.74, 6) is -2.03. The first-order chi connectivity index (χ1) is 12.7. The molecule has 1 N–H and O–H groups in total. The monoisotopic (exact) mass is 394 g/mol. The zero-order valence-corrected chi connectivity index (χ0v) is 16.8. The number of aryl methyl sites for hydroxylation is 2. The van der Waals surface area contributed by atoms with E-state index in [0.29, 0.717) is 24.9 Å². The first kappa shape index (κ1) is 21.1. The molecule has 1 aliphatic heterocycles. The van der Waals surface area contributed by atoms with E-state index >= 15 is 0 Å². The van der Waals surface area contributed by atoms with E-state index in [0.717, 1.165) is 9.75 Å². The third-order valence-electron chi connectivity index (χ3n) is 4.83. The van der Waals surface area contributed by atoms with Gasteiger partial charge in [0.15, 0.2) is 5.78 Å². The van der Waals surface area contributed by atoms with Crippen LogP contribution in [0.25, 0.3) is 0 Å². The lowest BCUT2D eigenvalue weighted by atomic mass is 9.98. The van der Waals surface area contributed by atoms with E-state index in [1.165, 1.54) is 16.8 Å². The van der Waals surface area contributed by atoms with Gasteiger partial charge in [-0.3, -0.25) is 19.2 Å². The number of likely N-dealkylation sites (tertiary alicyclic amines) is 1. The van der Waals surface area contributed by atoms with Crippen LogP contribution in [0.15, 0.2) is 6.07 Å². The second-order valence-corrected chi connectivity index (χ2v) is 8.48. The number of carboxylic acids is 1. The van der Waals surface area contributed by atoms with Gasteiger partial charge in [0.25, 0.3) is 0 Å². The number of nitrogens with zero attached hydrogens (tertiary/aromatic N) is 2. The number of Topliss-reactive ketones (excluding diaryl/α,β-unsaturated/α-hetero) is 1. The Bertz CT molecular complexity index is 742. The number of hydrogen-bond donors (Lipinski definition) is 1. The highest BCUT2D eigenvalue weighted by Gasteiger charge is 2.29. The normalized spacial score (nSPS) is 16.9. The Morgan fingerprint density at radius 2 is 1.96 bits per heavy atom. The number of carbonyl (C=O) groups is 4. The molecule has 148 valence electrons. The highest BCUT2D eigenvalue weighted by atomic mass is 32.1. The summed E-state index contributed by atoms with van der Waals surface area (Å²) in [4.78, 5) is 52.9. The largest absolute Gasteiger partial charge is 0.481 e. The molecule has 1 fully saturated rings. The molecule has 1 aromatic rings. The summed E-state index contributed by atoms with van der Waals surface area (Å²) in [5, 5.41) is 9.11. The Balaban J connectivity index is 1.82. The number of piperidine rings is 1. The first-order valence-electron chi connectivity index (χ1n) is 9.03. The fourth-order valence-corrected chi connectivity index (χ4v) is 4.19. The van der Waals surface area contributed by atoms with Crippen LogP contribution in [0.1, 0.15) is 45.8 Å². The molecule has 1 unspecified atom stereocenters. The molecular formula is C19H26N2O5S. The van der Waals surface area contributed by atoms with E-state index in [4.69, 9.17) is 5.11 Å². The number of carboxylic acid groups (broad SMARTS) is 1. The number of ketones is 1. The number of rotatable bonds is 7. The van der Waals surface area contributed by atoms with Crippen LogP contribution in [0.3, 0.4) is 0 Å². The summed E-state index contributed by atoms with van der Waals surface area (Å²) in [7, 11) is 1.53. The second kappa shape index (κ2) is 9.12. The van der Waals surface area contributed by atoms with Crippen LogP contribution >= 0.6 is 11.3 Å². The van der Waals surface area contributed by atoms with Crippen molar-refractivity contribution in [1.82, 2.24) is 9.80 Å². The average molecular weight is 394 g/mol. The van der Waals surface area contributed by atoms with Crippen molar-refractivity contribution in [1.29, 1.82) is 0 Å². The molecule has 1 aliphatic rings. The molecule has 7 nitrogen and oxygen atoms in total. The van der Waals surface area contributed by atoms with Gasteiger partial charge in [-0.2, -0.15) is 0 Å². The molecule has 2 heterocycles. The molecule has 0 bridgehead atoms. The van der Waals surface area contributed by atoms with Gasteiger partial charge in [0.1, 0.15) is 0 Å². The zero-order valence-electron chi connectivity index (χ0n) is 16.0. The lowest BCUT2D eigenvalue weighted by molar-refractivity contribution is -0.147. The summed E-state index contributed by atoms with van der Waals surface area (Å²) >= 11 is 1.56. The Morgan fingerprint density at radius 3 is 2.56 bits per heavy atom. The number of amides is 2. The Kier molecular flexibility index (Phi) is 7.12. The minimum Gasteiger partial charge on any atom is -0.481 e. The summed E-state index contributed by atoms with van der Waals surface area (Å²) in [5.41, 5.74) is 0.664. The number of hydrogen-bond acceptors (Lipinski definition) is 5. The van der Waals surface area contributed by atoms with E-state index < -0.39 is 11.9 Å². The predicted octanol–water partition coefficient (Wildman–Crippen LogP) is 2.11. The predicted molar refractivity (Wildman–Crippen MR) is 102 cm³/mol. The third-order valence-corrected chi connectivity index (χ3v) is 5.79. The van der Waals surface area contributed by atoms with Crippen molar-refractivity contribution in [3.05, 3.63) is 21.4 Å². The SMILES string of the molecule is Cc1cc(C(=O)CCC(=O)N(C)CC(=O)N2CCCC(C(=O)O)C2)c(C)s1. The molecular weight excluding hydrogens is 368 g/mol. The molecule has 8 heteroatoms. The summed E-state index contributed by atoms with van der Waals surface area (Å²) in [6, 6.07) is 1.84. The van der Waals surface area contributed by atoms with Gasteiger partial charge in [0, 0.05) is 48.3 Å². The third kappa shape index (κ3) is 5.63.